The monoisotopic (exact) mass is 612 g/mol. The van der Waals surface area contributed by atoms with Gasteiger partial charge in [0, 0.05) is 0 Å². The van der Waals surface area contributed by atoms with Gasteiger partial charge in [-0.3, -0.25) is 0 Å². The summed E-state index contributed by atoms with van der Waals surface area (Å²) in [6.07, 6.45) is 9.82. The summed E-state index contributed by atoms with van der Waals surface area (Å²) in [5, 5.41) is 22.2. The van der Waals surface area contributed by atoms with Crippen molar-refractivity contribution in [3.05, 3.63) is 77.4 Å². The van der Waals surface area contributed by atoms with Crippen LogP contribution in [0, 0.1) is 6.92 Å². The lowest BCUT2D eigenvalue weighted by Crippen LogP contribution is -2.53. The molecule has 246 valence electrons. The van der Waals surface area contributed by atoms with Crippen LogP contribution < -0.4 is 5.46 Å². The molecule has 45 heavy (non-hydrogen) atoms. The van der Waals surface area contributed by atoms with E-state index in [2.05, 4.69) is 109 Å². The Morgan fingerprint density at radius 1 is 0.622 bits per heavy atom. The standard InChI is InChI=1S/C41H61BO3/c1-12-14-16-26-38(4,5)33-22-18-31(19-23-33)36-28-35(42(44)45-41(10,11)40(8,9)43)29-37(30(36)3)32-20-24-34(25-21-32)39(6,7)27-17-15-13-2/h18-25,28-29,43-44H,12-17,26-27H2,1-11H3. The van der Waals surface area contributed by atoms with Crippen LogP contribution >= 0.6 is 0 Å². The molecule has 0 aliphatic rings. The molecule has 0 bridgehead atoms. The highest BCUT2D eigenvalue weighted by Gasteiger charge is 2.40. The molecule has 0 aliphatic carbocycles. The van der Waals surface area contributed by atoms with E-state index in [9.17, 15) is 10.1 Å². The molecule has 3 rings (SSSR count). The fraction of sp³-hybridized carbons (Fsp3) is 0.561. The molecule has 0 saturated carbocycles. The average molecular weight is 613 g/mol. The topological polar surface area (TPSA) is 49.7 Å². The zero-order valence-corrected chi connectivity index (χ0v) is 30.3. The second-order valence-corrected chi connectivity index (χ2v) is 15.6. The third-order valence-electron chi connectivity index (χ3n) is 10.4. The number of rotatable bonds is 16. The highest BCUT2D eigenvalue weighted by atomic mass is 16.5. The van der Waals surface area contributed by atoms with Crippen molar-refractivity contribution in [3.63, 3.8) is 0 Å². The van der Waals surface area contributed by atoms with Crippen LogP contribution in [0.3, 0.4) is 0 Å². The van der Waals surface area contributed by atoms with Gasteiger partial charge in [-0.05, 0) is 103 Å². The first kappa shape index (κ1) is 37.1. The fourth-order valence-corrected chi connectivity index (χ4v) is 6.09. The molecule has 3 aromatic rings. The van der Waals surface area contributed by atoms with Crippen molar-refractivity contribution in [1.82, 2.24) is 0 Å². The Kier molecular flexibility index (Phi) is 12.4. The maximum Gasteiger partial charge on any atom is 0.491 e. The van der Waals surface area contributed by atoms with Crippen molar-refractivity contribution in [1.29, 1.82) is 0 Å². The molecule has 3 aromatic carbocycles. The summed E-state index contributed by atoms with van der Waals surface area (Å²) >= 11 is 0. The zero-order valence-electron chi connectivity index (χ0n) is 30.3. The Labute approximate surface area is 276 Å². The summed E-state index contributed by atoms with van der Waals surface area (Å²) in [7, 11) is -1.20. The third kappa shape index (κ3) is 9.34. The van der Waals surface area contributed by atoms with E-state index in [1.807, 2.05) is 13.8 Å². The molecule has 0 heterocycles. The van der Waals surface area contributed by atoms with E-state index in [0.29, 0.717) is 5.46 Å². The van der Waals surface area contributed by atoms with E-state index in [1.165, 1.54) is 62.5 Å². The lowest BCUT2D eigenvalue weighted by molar-refractivity contribution is -0.0982. The van der Waals surface area contributed by atoms with E-state index in [0.717, 1.165) is 27.8 Å². The third-order valence-corrected chi connectivity index (χ3v) is 10.4. The summed E-state index contributed by atoms with van der Waals surface area (Å²) < 4.78 is 6.14. The second-order valence-electron chi connectivity index (χ2n) is 15.6. The van der Waals surface area contributed by atoms with Gasteiger partial charge < -0.3 is 14.8 Å². The summed E-state index contributed by atoms with van der Waals surface area (Å²) in [4.78, 5) is 0. The lowest BCUT2D eigenvalue weighted by atomic mass is 9.73. The molecule has 0 aromatic heterocycles. The quantitative estimate of drug-likeness (QED) is 0.125. The predicted molar refractivity (Wildman–Crippen MR) is 195 cm³/mol. The highest BCUT2D eigenvalue weighted by Crippen LogP contribution is 2.36. The largest absolute Gasteiger partial charge is 0.491 e. The number of benzene rings is 3. The smallest absolute Gasteiger partial charge is 0.423 e. The summed E-state index contributed by atoms with van der Waals surface area (Å²) in [5.41, 5.74) is 7.07. The molecule has 4 heteroatoms. The molecule has 0 unspecified atom stereocenters. The van der Waals surface area contributed by atoms with Crippen molar-refractivity contribution in [2.75, 3.05) is 0 Å². The molecule has 0 saturated heterocycles. The van der Waals surface area contributed by atoms with E-state index in [4.69, 9.17) is 4.65 Å². The Morgan fingerprint density at radius 3 is 1.33 bits per heavy atom. The second kappa shape index (κ2) is 15.0. The van der Waals surface area contributed by atoms with Gasteiger partial charge in [-0.1, -0.05) is 141 Å². The molecule has 2 N–H and O–H groups in total. The average Bonchev–Trinajstić information content (AvgIpc) is 2.97. The summed E-state index contributed by atoms with van der Waals surface area (Å²) in [5.74, 6) is 0. The van der Waals surface area contributed by atoms with E-state index in [1.54, 1.807) is 13.8 Å². The van der Waals surface area contributed by atoms with Gasteiger partial charge in [0.2, 0.25) is 0 Å². The number of aliphatic hydroxyl groups is 1. The predicted octanol–water partition coefficient (Wildman–Crippen LogP) is 10.3. The van der Waals surface area contributed by atoms with Gasteiger partial charge in [0.25, 0.3) is 0 Å². The van der Waals surface area contributed by atoms with Crippen molar-refractivity contribution in [2.24, 2.45) is 0 Å². The lowest BCUT2D eigenvalue weighted by Gasteiger charge is -2.38. The van der Waals surface area contributed by atoms with Crippen molar-refractivity contribution in [2.45, 2.75) is 150 Å². The van der Waals surface area contributed by atoms with Crippen molar-refractivity contribution in [3.8, 4) is 22.3 Å². The number of hydrogen-bond acceptors (Lipinski definition) is 3. The Morgan fingerprint density at radius 2 is 1.00 bits per heavy atom. The maximum absolute atomic E-state index is 11.4. The van der Waals surface area contributed by atoms with Gasteiger partial charge in [-0.2, -0.15) is 0 Å². The van der Waals surface area contributed by atoms with Crippen molar-refractivity contribution >= 4 is 12.6 Å². The molecule has 3 nitrogen and oxygen atoms in total. The van der Waals surface area contributed by atoms with Gasteiger partial charge in [-0.25, -0.2) is 0 Å². The van der Waals surface area contributed by atoms with Gasteiger partial charge in [0.05, 0.1) is 11.2 Å². The van der Waals surface area contributed by atoms with E-state index in [-0.39, 0.29) is 10.8 Å². The van der Waals surface area contributed by atoms with Crippen LogP contribution in [0.4, 0.5) is 0 Å². The van der Waals surface area contributed by atoms with Crippen LogP contribution in [0.1, 0.15) is 137 Å². The molecule has 0 amide bonds. The first-order valence-electron chi connectivity index (χ1n) is 17.4. The van der Waals surface area contributed by atoms with Crippen LogP contribution in [0.15, 0.2) is 60.7 Å². The first-order valence-corrected chi connectivity index (χ1v) is 17.4. The minimum absolute atomic E-state index is 0.120. The molecule has 0 spiro atoms. The van der Waals surface area contributed by atoms with Crippen molar-refractivity contribution < 1.29 is 14.8 Å². The van der Waals surface area contributed by atoms with E-state index >= 15 is 0 Å². The maximum atomic E-state index is 11.4. The Balaban J connectivity index is 2.07. The highest BCUT2D eigenvalue weighted by molar-refractivity contribution is 6.60. The van der Waals surface area contributed by atoms with Crippen LogP contribution in [0.25, 0.3) is 22.3 Å². The molecule has 0 fully saturated rings. The molecular weight excluding hydrogens is 551 g/mol. The molecular formula is C41H61BO3. The zero-order chi connectivity index (χ0) is 33.6. The Hall–Kier alpha value is -2.40. The van der Waals surface area contributed by atoms with Gasteiger partial charge in [0.1, 0.15) is 0 Å². The van der Waals surface area contributed by atoms with Gasteiger partial charge in [0.15, 0.2) is 0 Å². The van der Waals surface area contributed by atoms with Crippen LogP contribution in [0.5, 0.6) is 0 Å². The van der Waals surface area contributed by atoms with Gasteiger partial charge in [-0.15, -0.1) is 0 Å². The normalized spacial score (nSPS) is 12.9. The van der Waals surface area contributed by atoms with E-state index < -0.39 is 18.3 Å². The van der Waals surface area contributed by atoms with Gasteiger partial charge >= 0.3 is 7.12 Å². The summed E-state index contributed by atoms with van der Waals surface area (Å²) in [6, 6.07) is 22.1. The molecule has 0 radical (unpaired) electrons. The van der Waals surface area contributed by atoms with Crippen LogP contribution in [0.2, 0.25) is 0 Å². The minimum atomic E-state index is -1.20. The molecule has 0 atom stereocenters. The number of hydrogen-bond donors (Lipinski definition) is 2. The van der Waals surface area contributed by atoms with Crippen LogP contribution in [-0.2, 0) is 15.5 Å². The molecule has 0 aliphatic heterocycles. The SMILES string of the molecule is CCCCCC(C)(C)c1ccc(-c2cc(B(O)OC(C)(C)C(C)(C)O)cc(-c3ccc(C(C)(C)CCCCC)cc3)c2C)cc1. The fourth-order valence-electron chi connectivity index (χ4n) is 6.09. The first-order chi connectivity index (χ1) is 20.9. The summed E-state index contributed by atoms with van der Waals surface area (Å²) in [6.45, 7) is 23.1. The Bertz CT molecular complexity index is 1270. The minimum Gasteiger partial charge on any atom is -0.423 e. The van der Waals surface area contributed by atoms with Crippen LogP contribution in [-0.4, -0.2) is 28.5 Å². The number of unbranched alkanes of at least 4 members (excludes halogenated alkanes) is 4.